The second-order valence-corrected chi connectivity index (χ2v) is 8.27. The molecule has 8 heteroatoms. The minimum atomic E-state index is -3.55. The van der Waals surface area contributed by atoms with Gasteiger partial charge in [-0.2, -0.15) is 0 Å². The Labute approximate surface area is 103 Å². The van der Waals surface area contributed by atoms with Gasteiger partial charge in [0.1, 0.15) is 9.84 Å². The van der Waals surface area contributed by atoms with Gasteiger partial charge in [-0.3, -0.25) is 0 Å². The van der Waals surface area contributed by atoms with E-state index in [9.17, 15) is 16.8 Å². The third kappa shape index (κ3) is 9.51. The van der Waals surface area contributed by atoms with E-state index in [1.807, 2.05) is 6.92 Å². The van der Waals surface area contributed by atoms with Crippen LogP contribution in [-0.2, 0) is 19.9 Å². The lowest BCUT2D eigenvalue weighted by molar-refractivity contribution is 0.254. The van der Waals surface area contributed by atoms with E-state index in [1.54, 1.807) is 0 Å². The molecule has 0 heterocycles. The van der Waals surface area contributed by atoms with E-state index in [-0.39, 0.29) is 24.8 Å². The number of hydrogen-bond donors (Lipinski definition) is 2. The predicted octanol–water partition coefficient (Wildman–Crippen LogP) is -0.641. The lowest BCUT2D eigenvalue weighted by atomic mass is 10.0. The van der Waals surface area contributed by atoms with Crippen molar-refractivity contribution in [3.8, 4) is 0 Å². The van der Waals surface area contributed by atoms with Crippen molar-refractivity contribution in [2.24, 2.45) is 5.92 Å². The van der Waals surface area contributed by atoms with Gasteiger partial charge in [-0.25, -0.2) is 21.6 Å². The highest BCUT2D eigenvalue weighted by molar-refractivity contribution is 7.93. The lowest BCUT2D eigenvalue weighted by Gasteiger charge is -2.14. The molecule has 0 aromatic carbocycles. The summed E-state index contributed by atoms with van der Waals surface area (Å²) >= 11 is 0. The molecule has 1 unspecified atom stereocenters. The van der Waals surface area contributed by atoms with Gasteiger partial charge in [-0.15, -0.1) is 0 Å². The Morgan fingerprint density at radius 2 is 1.76 bits per heavy atom. The zero-order valence-corrected chi connectivity index (χ0v) is 11.8. The predicted molar refractivity (Wildman–Crippen MR) is 67.0 cm³/mol. The summed E-state index contributed by atoms with van der Waals surface area (Å²) in [6.45, 7) is 2.16. The second kappa shape index (κ2) is 7.30. The molecule has 0 fully saturated rings. The molecule has 0 spiro atoms. The summed E-state index contributed by atoms with van der Waals surface area (Å²) in [5.41, 5.74) is 0. The minimum Gasteiger partial charge on any atom is -0.396 e. The molecule has 1 atom stereocenters. The van der Waals surface area contributed by atoms with Crippen LogP contribution in [0.3, 0.4) is 0 Å². The van der Waals surface area contributed by atoms with Gasteiger partial charge in [-0.05, 0) is 12.3 Å². The molecule has 0 aromatic heterocycles. The van der Waals surface area contributed by atoms with Gasteiger partial charge in [0.25, 0.3) is 0 Å². The maximum Gasteiger partial charge on any atom is 0.212 e. The Hall–Kier alpha value is -0.180. The molecule has 0 amide bonds. The highest BCUT2D eigenvalue weighted by Crippen LogP contribution is 2.06. The summed E-state index contributed by atoms with van der Waals surface area (Å²) < 4.78 is 47.0. The van der Waals surface area contributed by atoms with Gasteiger partial charge < -0.3 is 5.11 Å². The molecule has 0 radical (unpaired) electrons. The van der Waals surface area contributed by atoms with Crippen molar-refractivity contribution in [1.82, 2.24) is 4.72 Å². The maximum atomic E-state index is 11.5. The van der Waals surface area contributed by atoms with Crippen LogP contribution in [-0.4, -0.2) is 52.9 Å². The second-order valence-electron chi connectivity index (χ2n) is 4.08. The molecule has 2 N–H and O–H groups in total. The van der Waals surface area contributed by atoms with Crippen molar-refractivity contribution >= 4 is 19.9 Å². The molecule has 0 aliphatic rings. The van der Waals surface area contributed by atoms with Gasteiger partial charge in [0.2, 0.25) is 10.0 Å². The number of aliphatic hydroxyl groups excluding tert-OH is 1. The van der Waals surface area contributed by atoms with Crippen molar-refractivity contribution < 1.29 is 21.9 Å². The molecular weight excluding hydrogens is 266 g/mol. The molecule has 0 aliphatic carbocycles. The van der Waals surface area contributed by atoms with Crippen LogP contribution < -0.4 is 4.72 Å². The third-order valence-electron chi connectivity index (χ3n) is 2.43. The van der Waals surface area contributed by atoms with Gasteiger partial charge >= 0.3 is 0 Å². The van der Waals surface area contributed by atoms with Crippen LogP contribution in [0.5, 0.6) is 0 Å². The van der Waals surface area contributed by atoms with Gasteiger partial charge in [-0.1, -0.05) is 13.3 Å². The fourth-order valence-electron chi connectivity index (χ4n) is 1.21. The van der Waals surface area contributed by atoms with E-state index in [0.29, 0.717) is 6.42 Å². The van der Waals surface area contributed by atoms with E-state index >= 15 is 0 Å². The van der Waals surface area contributed by atoms with E-state index in [2.05, 4.69) is 4.72 Å². The zero-order chi connectivity index (χ0) is 13.5. The number of rotatable bonds is 9. The molecule has 104 valence electrons. The van der Waals surface area contributed by atoms with E-state index in [4.69, 9.17) is 5.11 Å². The molecule has 0 aromatic rings. The average molecular weight is 287 g/mol. The normalized spacial score (nSPS) is 14.8. The standard InChI is InChI=1S/C9H21NO5S2/c1-3-9(4-5-11)8-10-17(14,15)7-6-16(2,12)13/h9-11H,3-8H2,1-2H3. The first-order valence-electron chi connectivity index (χ1n) is 5.46. The van der Waals surface area contributed by atoms with E-state index in [0.717, 1.165) is 12.7 Å². The minimum absolute atomic E-state index is 0.0174. The summed E-state index contributed by atoms with van der Waals surface area (Å²) in [6.07, 6.45) is 2.30. The topological polar surface area (TPSA) is 101 Å². The van der Waals surface area contributed by atoms with E-state index < -0.39 is 25.6 Å². The Kier molecular flexibility index (Phi) is 7.22. The van der Waals surface area contributed by atoms with Crippen LogP contribution in [0.15, 0.2) is 0 Å². The Morgan fingerprint density at radius 3 is 2.18 bits per heavy atom. The van der Waals surface area contributed by atoms with Crippen molar-refractivity contribution in [2.75, 3.05) is 30.9 Å². The Balaban J connectivity index is 4.18. The van der Waals surface area contributed by atoms with Crippen LogP contribution >= 0.6 is 0 Å². The summed E-state index contributed by atoms with van der Waals surface area (Å²) in [5.74, 6) is -0.714. The van der Waals surface area contributed by atoms with E-state index in [1.165, 1.54) is 0 Å². The molecule has 0 rings (SSSR count). The van der Waals surface area contributed by atoms with Crippen molar-refractivity contribution in [3.05, 3.63) is 0 Å². The fourth-order valence-corrected chi connectivity index (χ4v) is 3.93. The smallest absolute Gasteiger partial charge is 0.212 e. The number of hydrogen-bond acceptors (Lipinski definition) is 5. The Bertz CT molecular complexity index is 401. The first kappa shape index (κ1) is 16.8. The molecular formula is C9H21NO5S2. The molecule has 0 saturated carbocycles. The Morgan fingerprint density at radius 1 is 1.18 bits per heavy atom. The summed E-state index contributed by atoms with van der Waals surface area (Å²) in [6, 6.07) is 0. The summed E-state index contributed by atoms with van der Waals surface area (Å²) in [4.78, 5) is 0. The van der Waals surface area contributed by atoms with Crippen molar-refractivity contribution in [3.63, 3.8) is 0 Å². The quantitative estimate of drug-likeness (QED) is 0.587. The van der Waals surface area contributed by atoms with Gasteiger partial charge in [0.05, 0.1) is 11.5 Å². The van der Waals surface area contributed by atoms with Crippen LogP contribution in [0.4, 0.5) is 0 Å². The zero-order valence-electron chi connectivity index (χ0n) is 10.2. The van der Waals surface area contributed by atoms with Gasteiger partial charge in [0, 0.05) is 19.4 Å². The van der Waals surface area contributed by atoms with Crippen LogP contribution in [0, 0.1) is 5.92 Å². The molecule has 6 nitrogen and oxygen atoms in total. The molecule has 0 aliphatic heterocycles. The van der Waals surface area contributed by atoms with Crippen LogP contribution in [0.25, 0.3) is 0 Å². The first-order valence-corrected chi connectivity index (χ1v) is 9.17. The molecule has 0 bridgehead atoms. The first-order chi connectivity index (χ1) is 7.70. The fraction of sp³-hybridized carbons (Fsp3) is 1.00. The number of aliphatic hydroxyl groups is 1. The lowest BCUT2D eigenvalue weighted by Crippen LogP contribution is -2.33. The number of sulfonamides is 1. The van der Waals surface area contributed by atoms with Crippen molar-refractivity contribution in [1.29, 1.82) is 0 Å². The van der Waals surface area contributed by atoms with Gasteiger partial charge in [0.15, 0.2) is 0 Å². The maximum absolute atomic E-state index is 11.5. The van der Waals surface area contributed by atoms with Crippen LogP contribution in [0.2, 0.25) is 0 Å². The van der Waals surface area contributed by atoms with Crippen LogP contribution in [0.1, 0.15) is 19.8 Å². The highest BCUT2D eigenvalue weighted by atomic mass is 32.2. The third-order valence-corrected chi connectivity index (χ3v) is 4.98. The monoisotopic (exact) mass is 287 g/mol. The molecule has 0 saturated heterocycles. The summed E-state index contributed by atoms with van der Waals surface area (Å²) in [5, 5.41) is 8.75. The number of sulfone groups is 1. The summed E-state index contributed by atoms with van der Waals surface area (Å²) in [7, 11) is -6.82. The molecule has 17 heavy (non-hydrogen) atoms. The van der Waals surface area contributed by atoms with Crippen molar-refractivity contribution in [2.45, 2.75) is 19.8 Å². The average Bonchev–Trinajstić information content (AvgIpc) is 2.21. The highest BCUT2D eigenvalue weighted by Gasteiger charge is 2.16. The SMILES string of the molecule is CCC(CCO)CNS(=O)(=O)CCS(C)(=O)=O. The number of nitrogens with one attached hydrogen (secondary N) is 1. The largest absolute Gasteiger partial charge is 0.396 e.